The Kier molecular flexibility index (Phi) is 5.19. The largest absolute Gasteiger partial charge is 0.493 e. The van der Waals surface area contributed by atoms with Crippen LogP contribution in [0.15, 0.2) is 18.2 Å². The van der Waals surface area contributed by atoms with Crippen molar-refractivity contribution >= 4 is 11.6 Å². The zero-order valence-corrected chi connectivity index (χ0v) is 12.8. The van der Waals surface area contributed by atoms with Gasteiger partial charge < -0.3 is 14.4 Å². The van der Waals surface area contributed by atoms with E-state index >= 15 is 0 Å². The molecular formula is C15H20N2O5. The Labute approximate surface area is 129 Å². The molecule has 7 nitrogen and oxygen atoms in total. The lowest BCUT2D eigenvalue weighted by molar-refractivity contribution is -0.385. The van der Waals surface area contributed by atoms with Crippen LogP contribution < -0.4 is 9.47 Å². The van der Waals surface area contributed by atoms with Gasteiger partial charge in [-0.3, -0.25) is 14.9 Å². The summed E-state index contributed by atoms with van der Waals surface area (Å²) in [5.74, 6) is 0.459. The van der Waals surface area contributed by atoms with Crippen LogP contribution in [0.25, 0.3) is 0 Å². The van der Waals surface area contributed by atoms with Gasteiger partial charge in [0.05, 0.1) is 18.1 Å². The van der Waals surface area contributed by atoms with Gasteiger partial charge in [0, 0.05) is 18.7 Å². The fourth-order valence-electron chi connectivity index (χ4n) is 2.58. The molecule has 1 aliphatic rings. The third-order valence-corrected chi connectivity index (χ3v) is 3.83. The molecule has 0 spiro atoms. The molecule has 0 bridgehead atoms. The fraction of sp³-hybridized carbons (Fsp3) is 0.533. The van der Waals surface area contributed by atoms with Crippen molar-refractivity contribution in [1.82, 2.24) is 4.90 Å². The maximum Gasteiger partial charge on any atom is 0.273 e. The van der Waals surface area contributed by atoms with Gasteiger partial charge in [0.15, 0.2) is 18.1 Å². The molecule has 0 aromatic heterocycles. The second-order valence-corrected chi connectivity index (χ2v) is 5.31. The van der Waals surface area contributed by atoms with Crippen LogP contribution in [0.5, 0.6) is 11.5 Å². The highest BCUT2D eigenvalue weighted by atomic mass is 16.6. The lowest BCUT2D eigenvalue weighted by atomic mass is 10.0. The third kappa shape index (κ3) is 3.66. The van der Waals surface area contributed by atoms with Gasteiger partial charge in [0.25, 0.3) is 11.6 Å². The summed E-state index contributed by atoms with van der Waals surface area (Å²) >= 11 is 0. The molecular weight excluding hydrogens is 288 g/mol. The Morgan fingerprint density at radius 2 is 2.18 bits per heavy atom. The lowest BCUT2D eigenvalue weighted by Gasteiger charge is -2.33. The van der Waals surface area contributed by atoms with Gasteiger partial charge in [-0.25, -0.2) is 0 Å². The topological polar surface area (TPSA) is 81.9 Å². The summed E-state index contributed by atoms with van der Waals surface area (Å²) in [7, 11) is 1.45. The molecule has 7 heteroatoms. The quantitative estimate of drug-likeness (QED) is 0.616. The molecule has 1 atom stereocenters. The molecule has 1 aromatic carbocycles. The van der Waals surface area contributed by atoms with Crippen molar-refractivity contribution in [3.8, 4) is 11.5 Å². The van der Waals surface area contributed by atoms with Crippen LogP contribution in [0.1, 0.15) is 26.2 Å². The molecule has 1 unspecified atom stereocenters. The van der Waals surface area contributed by atoms with Crippen LogP contribution in [0.3, 0.4) is 0 Å². The number of hydrogen-bond donors (Lipinski definition) is 0. The summed E-state index contributed by atoms with van der Waals surface area (Å²) < 4.78 is 10.6. The second kappa shape index (κ2) is 7.11. The molecule has 0 saturated carbocycles. The number of nitro groups is 1. The summed E-state index contributed by atoms with van der Waals surface area (Å²) in [6.07, 6.45) is 3.12. The molecule has 120 valence electrons. The number of hydrogen-bond acceptors (Lipinski definition) is 5. The highest BCUT2D eigenvalue weighted by Crippen LogP contribution is 2.31. The van der Waals surface area contributed by atoms with E-state index in [0.29, 0.717) is 5.75 Å². The van der Waals surface area contributed by atoms with Gasteiger partial charge >= 0.3 is 0 Å². The van der Waals surface area contributed by atoms with Crippen molar-refractivity contribution in [2.45, 2.75) is 32.2 Å². The van der Waals surface area contributed by atoms with Crippen molar-refractivity contribution in [1.29, 1.82) is 0 Å². The molecule has 1 fully saturated rings. The van der Waals surface area contributed by atoms with Crippen LogP contribution in [0.2, 0.25) is 0 Å². The SMILES string of the molecule is COc1ccc([N+](=O)[O-])cc1OCC(=O)N1CCCCC1C. The Balaban J connectivity index is 2.05. The number of piperidine rings is 1. The lowest BCUT2D eigenvalue weighted by Crippen LogP contribution is -2.44. The maximum absolute atomic E-state index is 12.2. The molecule has 0 radical (unpaired) electrons. The highest BCUT2D eigenvalue weighted by Gasteiger charge is 2.24. The summed E-state index contributed by atoms with van der Waals surface area (Å²) in [5, 5.41) is 10.8. The minimum Gasteiger partial charge on any atom is -0.493 e. The molecule has 0 N–H and O–H groups in total. The monoisotopic (exact) mass is 308 g/mol. The number of methoxy groups -OCH3 is 1. The van der Waals surface area contributed by atoms with Gasteiger partial charge in [-0.1, -0.05) is 0 Å². The van der Waals surface area contributed by atoms with Crippen LogP contribution in [-0.4, -0.2) is 42.0 Å². The second-order valence-electron chi connectivity index (χ2n) is 5.31. The van der Waals surface area contributed by atoms with Gasteiger partial charge in [-0.2, -0.15) is 0 Å². The van der Waals surface area contributed by atoms with E-state index in [4.69, 9.17) is 9.47 Å². The van der Waals surface area contributed by atoms with E-state index in [1.807, 2.05) is 6.92 Å². The molecule has 1 aromatic rings. The first-order valence-electron chi connectivity index (χ1n) is 7.27. The number of rotatable bonds is 5. The molecule has 1 saturated heterocycles. The van der Waals surface area contributed by atoms with E-state index in [1.165, 1.54) is 25.3 Å². The van der Waals surface area contributed by atoms with Crippen molar-refractivity contribution in [2.24, 2.45) is 0 Å². The summed E-state index contributed by atoms with van der Waals surface area (Å²) in [6.45, 7) is 2.60. The Morgan fingerprint density at radius 3 is 2.82 bits per heavy atom. The first kappa shape index (κ1) is 16.1. The average molecular weight is 308 g/mol. The van der Waals surface area contributed by atoms with Crippen LogP contribution in [-0.2, 0) is 4.79 Å². The van der Waals surface area contributed by atoms with Crippen molar-refractivity contribution in [3.05, 3.63) is 28.3 Å². The number of amides is 1. The number of likely N-dealkylation sites (tertiary alicyclic amines) is 1. The van der Waals surface area contributed by atoms with Crippen LogP contribution in [0, 0.1) is 10.1 Å². The van der Waals surface area contributed by atoms with Crippen molar-refractivity contribution in [2.75, 3.05) is 20.3 Å². The van der Waals surface area contributed by atoms with E-state index in [9.17, 15) is 14.9 Å². The highest BCUT2D eigenvalue weighted by molar-refractivity contribution is 5.78. The number of non-ortho nitro benzene ring substituents is 1. The molecule has 2 rings (SSSR count). The minimum absolute atomic E-state index is 0.102. The Hall–Kier alpha value is -2.31. The molecule has 1 aliphatic heterocycles. The smallest absolute Gasteiger partial charge is 0.273 e. The number of nitrogens with zero attached hydrogens (tertiary/aromatic N) is 2. The van der Waals surface area contributed by atoms with Gasteiger partial charge in [0.1, 0.15) is 0 Å². The van der Waals surface area contributed by atoms with E-state index < -0.39 is 4.92 Å². The van der Waals surface area contributed by atoms with E-state index in [2.05, 4.69) is 0 Å². The van der Waals surface area contributed by atoms with Gasteiger partial charge in [-0.15, -0.1) is 0 Å². The zero-order chi connectivity index (χ0) is 16.1. The number of carbonyl (C=O) groups excluding carboxylic acids is 1. The number of carbonyl (C=O) groups is 1. The third-order valence-electron chi connectivity index (χ3n) is 3.83. The normalized spacial score (nSPS) is 17.9. The molecule has 1 amide bonds. The Bertz CT molecular complexity index is 561. The Morgan fingerprint density at radius 1 is 1.41 bits per heavy atom. The van der Waals surface area contributed by atoms with Crippen molar-refractivity contribution < 1.29 is 19.2 Å². The number of nitro benzene ring substituents is 1. The first-order valence-corrected chi connectivity index (χ1v) is 7.27. The van der Waals surface area contributed by atoms with Crippen molar-refractivity contribution in [3.63, 3.8) is 0 Å². The summed E-state index contributed by atoms with van der Waals surface area (Å²) in [4.78, 5) is 24.3. The van der Waals surface area contributed by atoms with Crippen LogP contribution >= 0.6 is 0 Å². The average Bonchev–Trinajstić information content (AvgIpc) is 2.52. The predicted octanol–water partition coefficient (Wildman–Crippen LogP) is 2.38. The fourth-order valence-corrected chi connectivity index (χ4v) is 2.58. The van der Waals surface area contributed by atoms with Gasteiger partial charge in [-0.05, 0) is 32.3 Å². The van der Waals surface area contributed by atoms with E-state index in [-0.39, 0.29) is 30.0 Å². The number of ether oxygens (including phenoxy) is 2. The standard InChI is InChI=1S/C15H20N2O5/c1-11-5-3-4-8-16(11)15(18)10-22-14-9-12(17(19)20)6-7-13(14)21-2/h6-7,9,11H,3-5,8,10H2,1-2H3. The molecule has 1 heterocycles. The van der Waals surface area contributed by atoms with Crippen LogP contribution in [0.4, 0.5) is 5.69 Å². The molecule has 22 heavy (non-hydrogen) atoms. The first-order chi connectivity index (χ1) is 10.5. The minimum atomic E-state index is -0.513. The van der Waals surface area contributed by atoms with Gasteiger partial charge in [0.2, 0.25) is 0 Å². The van der Waals surface area contributed by atoms with E-state index in [0.717, 1.165) is 25.8 Å². The summed E-state index contributed by atoms with van der Waals surface area (Å²) in [5.41, 5.74) is -0.102. The maximum atomic E-state index is 12.2. The van der Waals surface area contributed by atoms with E-state index in [1.54, 1.807) is 4.90 Å². The number of benzene rings is 1. The zero-order valence-electron chi connectivity index (χ0n) is 12.8. The predicted molar refractivity (Wildman–Crippen MR) is 80.2 cm³/mol. The summed E-state index contributed by atoms with van der Waals surface area (Å²) in [6, 6.07) is 4.27. The molecule has 0 aliphatic carbocycles.